The summed E-state index contributed by atoms with van der Waals surface area (Å²) in [6, 6.07) is 11.7. The van der Waals surface area contributed by atoms with Crippen LogP contribution in [0.1, 0.15) is 15.9 Å². The average molecular weight is 371 g/mol. The van der Waals surface area contributed by atoms with Gasteiger partial charge in [-0.1, -0.05) is 12.1 Å². The highest BCUT2D eigenvalue weighted by Gasteiger charge is 2.22. The lowest BCUT2D eigenvalue weighted by atomic mass is 10.1. The fourth-order valence-electron chi connectivity index (χ4n) is 2.92. The van der Waals surface area contributed by atoms with E-state index in [1.807, 2.05) is 29.2 Å². The number of rotatable bonds is 6. The largest absolute Gasteiger partial charge is 0.497 e. The van der Waals surface area contributed by atoms with E-state index in [2.05, 4.69) is 5.32 Å². The molecule has 2 aromatic carbocycles. The van der Waals surface area contributed by atoms with Gasteiger partial charge in [-0.3, -0.25) is 14.9 Å². The number of nitrogens with one attached hydrogen (secondary N) is 1. The van der Waals surface area contributed by atoms with Gasteiger partial charge in [0.15, 0.2) is 0 Å². The normalized spacial score (nSPS) is 13.9. The predicted molar refractivity (Wildman–Crippen MR) is 100 cm³/mol. The lowest BCUT2D eigenvalue weighted by molar-refractivity contribution is -0.384. The van der Waals surface area contributed by atoms with Gasteiger partial charge in [0, 0.05) is 31.8 Å². The maximum absolute atomic E-state index is 12.8. The lowest BCUT2D eigenvalue weighted by Gasteiger charge is -2.30. The molecule has 142 valence electrons. The summed E-state index contributed by atoms with van der Waals surface area (Å²) in [6.07, 6.45) is 0. The Morgan fingerprint density at radius 1 is 1.22 bits per heavy atom. The molecule has 1 heterocycles. The Kier molecular flexibility index (Phi) is 5.87. The molecule has 1 fully saturated rings. The third-order valence-electron chi connectivity index (χ3n) is 4.40. The Labute approximate surface area is 156 Å². The molecule has 0 unspecified atom stereocenters. The third kappa shape index (κ3) is 4.53. The first-order valence-corrected chi connectivity index (χ1v) is 8.61. The van der Waals surface area contributed by atoms with Crippen LogP contribution in [0.4, 0.5) is 11.4 Å². The first-order chi connectivity index (χ1) is 13.1. The summed E-state index contributed by atoms with van der Waals surface area (Å²) in [5.74, 6) is 0.384. The number of nitrogens with zero attached hydrogens (tertiary/aromatic N) is 2. The molecule has 0 bridgehead atoms. The van der Waals surface area contributed by atoms with Crippen molar-refractivity contribution in [2.75, 3.05) is 38.3 Å². The molecule has 1 saturated heterocycles. The van der Waals surface area contributed by atoms with Crippen molar-refractivity contribution in [3.05, 3.63) is 63.7 Å². The minimum Gasteiger partial charge on any atom is -0.497 e. The molecule has 1 N–H and O–H groups in total. The molecule has 0 saturated carbocycles. The van der Waals surface area contributed by atoms with E-state index in [0.29, 0.717) is 44.1 Å². The lowest BCUT2D eigenvalue weighted by Crippen LogP contribution is -2.38. The van der Waals surface area contributed by atoms with Crippen LogP contribution in [0.2, 0.25) is 0 Å². The van der Waals surface area contributed by atoms with Gasteiger partial charge in [-0.15, -0.1) is 0 Å². The van der Waals surface area contributed by atoms with E-state index < -0.39 is 4.92 Å². The number of hydrogen-bond acceptors (Lipinski definition) is 6. The van der Waals surface area contributed by atoms with E-state index in [-0.39, 0.29) is 11.6 Å². The van der Waals surface area contributed by atoms with Gasteiger partial charge in [-0.25, -0.2) is 0 Å². The smallest absolute Gasteiger partial charge is 0.270 e. The molecule has 8 heteroatoms. The number of benzene rings is 2. The van der Waals surface area contributed by atoms with Crippen molar-refractivity contribution < 1.29 is 19.2 Å². The van der Waals surface area contributed by atoms with Crippen LogP contribution in [-0.4, -0.2) is 44.2 Å². The highest BCUT2D eigenvalue weighted by molar-refractivity contribution is 6.00. The summed E-state index contributed by atoms with van der Waals surface area (Å²) in [5, 5.41) is 14.0. The van der Waals surface area contributed by atoms with E-state index in [4.69, 9.17) is 9.47 Å². The molecule has 2 aromatic rings. The number of nitro groups is 1. The van der Waals surface area contributed by atoms with Gasteiger partial charge in [0.05, 0.1) is 36.5 Å². The first-order valence-electron chi connectivity index (χ1n) is 8.61. The Bertz CT molecular complexity index is 817. The average Bonchev–Trinajstić information content (AvgIpc) is 2.72. The van der Waals surface area contributed by atoms with Crippen LogP contribution in [0.3, 0.4) is 0 Å². The van der Waals surface area contributed by atoms with Crippen molar-refractivity contribution >= 4 is 17.3 Å². The van der Waals surface area contributed by atoms with Crippen molar-refractivity contribution in [1.82, 2.24) is 5.32 Å². The van der Waals surface area contributed by atoms with Crippen molar-refractivity contribution in [3.8, 4) is 5.75 Å². The molecule has 27 heavy (non-hydrogen) atoms. The number of amides is 1. The SMILES string of the molecule is COc1ccc(CNC(=O)c2cc([N+](=O)[O-])ccc2N2CCOCC2)cc1. The number of methoxy groups -OCH3 is 1. The molecular formula is C19H21N3O5. The summed E-state index contributed by atoms with van der Waals surface area (Å²) in [6.45, 7) is 2.70. The molecule has 0 aromatic heterocycles. The van der Waals surface area contributed by atoms with E-state index >= 15 is 0 Å². The van der Waals surface area contributed by atoms with Crippen LogP contribution < -0.4 is 15.0 Å². The van der Waals surface area contributed by atoms with Crippen molar-refractivity contribution in [2.45, 2.75) is 6.54 Å². The third-order valence-corrected chi connectivity index (χ3v) is 4.40. The number of hydrogen-bond donors (Lipinski definition) is 1. The zero-order chi connectivity index (χ0) is 19.2. The minimum absolute atomic E-state index is 0.110. The Hall–Kier alpha value is -3.13. The summed E-state index contributed by atoms with van der Waals surface area (Å²) < 4.78 is 10.5. The topological polar surface area (TPSA) is 93.9 Å². The molecule has 0 radical (unpaired) electrons. The van der Waals surface area contributed by atoms with E-state index in [1.54, 1.807) is 13.2 Å². The molecule has 3 rings (SSSR count). The zero-order valence-electron chi connectivity index (χ0n) is 15.0. The van der Waals surface area contributed by atoms with Crippen molar-refractivity contribution in [1.29, 1.82) is 0 Å². The maximum atomic E-state index is 12.8. The summed E-state index contributed by atoms with van der Waals surface area (Å²) in [5.41, 5.74) is 1.76. The second-order valence-electron chi connectivity index (χ2n) is 6.09. The van der Waals surface area contributed by atoms with Crippen LogP contribution in [0.15, 0.2) is 42.5 Å². The minimum atomic E-state index is -0.497. The van der Waals surface area contributed by atoms with Gasteiger partial charge in [0.1, 0.15) is 5.75 Å². The molecule has 0 spiro atoms. The highest BCUT2D eigenvalue weighted by atomic mass is 16.6. The Morgan fingerprint density at radius 2 is 1.93 bits per heavy atom. The van der Waals surface area contributed by atoms with Gasteiger partial charge in [-0.2, -0.15) is 0 Å². The molecular weight excluding hydrogens is 350 g/mol. The fraction of sp³-hybridized carbons (Fsp3) is 0.316. The molecule has 1 aliphatic rings. The number of non-ortho nitro benzene ring substituents is 1. The number of carbonyl (C=O) groups excluding carboxylic acids is 1. The molecule has 0 aliphatic carbocycles. The second-order valence-corrected chi connectivity index (χ2v) is 6.09. The van der Waals surface area contributed by atoms with Crippen LogP contribution in [-0.2, 0) is 11.3 Å². The molecule has 1 aliphatic heterocycles. The monoisotopic (exact) mass is 371 g/mol. The second kappa shape index (κ2) is 8.50. The van der Waals surface area contributed by atoms with Gasteiger partial charge in [0.25, 0.3) is 11.6 Å². The highest BCUT2D eigenvalue weighted by Crippen LogP contribution is 2.26. The van der Waals surface area contributed by atoms with E-state index in [1.165, 1.54) is 12.1 Å². The van der Waals surface area contributed by atoms with Crippen LogP contribution in [0.25, 0.3) is 0 Å². The first kappa shape index (κ1) is 18.7. The Balaban J connectivity index is 1.79. The maximum Gasteiger partial charge on any atom is 0.270 e. The predicted octanol–water partition coefficient (Wildman–Crippen LogP) is 2.37. The summed E-state index contributed by atoms with van der Waals surface area (Å²) in [7, 11) is 1.59. The van der Waals surface area contributed by atoms with Crippen LogP contribution in [0.5, 0.6) is 5.75 Å². The number of carbonyl (C=O) groups is 1. The van der Waals surface area contributed by atoms with E-state index in [9.17, 15) is 14.9 Å². The number of nitro benzene ring substituents is 1. The van der Waals surface area contributed by atoms with E-state index in [0.717, 1.165) is 11.3 Å². The number of morpholine rings is 1. The van der Waals surface area contributed by atoms with Gasteiger partial charge in [0.2, 0.25) is 0 Å². The van der Waals surface area contributed by atoms with Crippen LogP contribution in [0, 0.1) is 10.1 Å². The fourth-order valence-corrected chi connectivity index (χ4v) is 2.92. The zero-order valence-corrected chi connectivity index (χ0v) is 15.0. The summed E-state index contributed by atoms with van der Waals surface area (Å²) >= 11 is 0. The van der Waals surface area contributed by atoms with Crippen LogP contribution >= 0.6 is 0 Å². The summed E-state index contributed by atoms with van der Waals surface area (Å²) in [4.78, 5) is 25.4. The quantitative estimate of drug-likeness (QED) is 0.619. The number of anilines is 1. The Morgan fingerprint density at radius 3 is 2.56 bits per heavy atom. The van der Waals surface area contributed by atoms with Gasteiger partial charge in [-0.05, 0) is 23.8 Å². The molecule has 0 atom stereocenters. The number of ether oxygens (including phenoxy) is 2. The molecule has 1 amide bonds. The standard InChI is InChI=1S/C19H21N3O5/c1-26-16-5-2-14(3-6-16)13-20-19(23)17-12-15(22(24)25)4-7-18(17)21-8-10-27-11-9-21/h2-7,12H,8-11,13H2,1H3,(H,20,23). The molecule has 8 nitrogen and oxygen atoms in total. The van der Waals surface area contributed by atoms with Crippen molar-refractivity contribution in [2.24, 2.45) is 0 Å². The van der Waals surface area contributed by atoms with Crippen molar-refractivity contribution in [3.63, 3.8) is 0 Å². The van der Waals surface area contributed by atoms with Gasteiger partial charge >= 0.3 is 0 Å². The van der Waals surface area contributed by atoms with Gasteiger partial charge < -0.3 is 19.7 Å².